The van der Waals surface area contributed by atoms with Crippen LogP contribution in [-0.2, 0) is 19.0 Å². The Balaban J connectivity index is 1.45. The molecular formula is C16H22F4N4O8S. The van der Waals surface area contributed by atoms with Gasteiger partial charge in [-0.15, -0.1) is 8.57 Å². The first-order chi connectivity index (χ1) is 15.3. The lowest BCUT2D eigenvalue weighted by Gasteiger charge is -2.34. The monoisotopic (exact) mass is 506 g/mol. The SMILES string of the molecule is O=C1N2CC(CCC2C(F)(F)CO)N1OS(=O)(=O)ON1C(=O)N2CC1CCC2C(F)(F)CO. The third-order valence-electron chi connectivity index (χ3n) is 6.39. The molecule has 4 atom stereocenters. The molecule has 12 nitrogen and oxygen atoms in total. The van der Waals surface area contributed by atoms with Crippen LogP contribution in [0.15, 0.2) is 0 Å². The normalized spacial score (nSPS) is 30.6. The number of aliphatic hydroxyl groups excluding tert-OH is 2. The second-order valence-electron chi connectivity index (χ2n) is 8.41. The highest BCUT2D eigenvalue weighted by Gasteiger charge is 2.57. The summed E-state index contributed by atoms with van der Waals surface area (Å²) >= 11 is 0. The summed E-state index contributed by atoms with van der Waals surface area (Å²) in [4.78, 5) is 26.4. The number of halogens is 4. The Hall–Kier alpha value is -1.95. The smallest absolute Gasteiger partial charge is 0.390 e. The van der Waals surface area contributed by atoms with Crippen molar-refractivity contribution in [3.8, 4) is 0 Å². The van der Waals surface area contributed by atoms with E-state index in [1.54, 1.807) is 0 Å². The summed E-state index contributed by atoms with van der Waals surface area (Å²) in [5.74, 6) is -7.21. The van der Waals surface area contributed by atoms with E-state index in [1.165, 1.54) is 0 Å². The molecule has 0 aromatic rings. The minimum atomic E-state index is -5.13. The number of piperidine rings is 2. The average molecular weight is 506 g/mol. The molecule has 4 amide bonds. The number of alkyl halides is 4. The second-order valence-corrected chi connectivity index (χ2v) is 9.53. The summed E-state index contributed by atoms with van der Waals surface area (Å²) in [6, 6.07) is -7.46. The Morgan fingerprint density at radius 1 is 0.788 bits per heavy atom. The van der Waals surface area contributed by atoms with Crippen molar-refractivity contribution >= 4 is 22.5 Å². The quantitative estimate of drug-likeness (QED) is 0.435. The minimum Gasteiger partial charge on any atom is -0.390 e. The van der Waals surface area contributed by atoms with Gasteiger partial charge in [0, 0.05) is 13.1 Å². The lowest BCUT2D eigenvalue weighted by Crippen LogP contribution is -2.52. The maximum Gasteiger partial charge on any atom is 0.442 e. The third-order valence-corrected chi connectivity index (χ3v) is 7.07. The van der Waals surface area contributed by atoms with Crippen LogP contribution in [0.3, 0.4) is 0 Å². The van der Waals surface area contributed by atoms with Gasteiger partial charge in [0.1, 0.15) is 13.2 Å². The molecule has 0 spiro atoms. The van der Waals surface area contributed by atoms with Gasteiger partial charge in [0.2, 0.25) is 0 Å². The van der Waals surface area contributed by atoms with Crippen molar-refractivity contribution in [2.24, 2.45) is 0 Å². The molecule has 0 saturated carbocycles. The number of carbonyl (C=O) groups is 2. The number of amides is 4. The standard InChI is InChI=1S/C16H22F4N4O8S/c17-15(18,7-25)11-3-1-9-5-21(11)13(27)23(9)31-33(29,30)32-24-10-2-4-12(16(19,20)8-26)22(6-10)14(24)28/h9-12,25-26H,1-8H2. The van der Waals surface area contributed by atoms with E-state index in [-0.39, 0.29) is 38.8 Å². The van der Waals surface area contributed by atoms with Crippen LogP contribution in [0.1, 0.15) is 25.7 Å². The number of hydroxylamine groups is 4. The fourth-order valence-electron chi connectivity index (χ4n) is 4.76. The first kappa shape index (κ1) is 24.2. The number of hydrogen-bond donors (Lipinski definition) is 2. The molecule has 4 fully saturated rings. The zero-order valence-electron chi connectivity index (χ0n) is 17.0. The number of hydrogen-bond acceptors (Lipinski definition) is 8. The van der Waals surface area contributed by atoms with Gasteiger partial charge in [-0.05, 0) is 25.7 Å². The van der Waals surface area contributed by atoms with Gasteiger partial charge in [-0.3, -0.25) is 0 Å². The predicted molar refractivity (Wildman–Crippen MR) is 96.7 cm³/mol. The Morgan fingerprint density at radius 3 is 1.48 bits per heavy atom. The van der Waals surface area contributed by atoms with Crippen LogP contribution in [0.4, 0.5) is 27.2 Å². The van der Waals surface area contributed by atoms with Gasteiger partial charge in [-0.1, -0.05) is 0 Å². The fourth-order valence-corrected chi connectivity index (χ4v) is 5.55. The summed E-state index contributed by atoms with van der Waals surface area (Å²) < 4.78 is 90.0. The fraction of sp³-hybridized carbons (Fsp3) is 0.875. The molecule has 33 heavy (non-hydrogen) atoms. The molecule has 17 heteroatoms. The zero-order chi connectivity index (χ0) is 24.3. The molecule has 0 aromatic heterocycles. The van der Waals surface area contributed by atoms with Crippen LogP contribution in [0.5, 0.6) is 0 Å². The highest BCUT2D eigenvalue weighted by molar-refractivity contribution is 7.81. The number of nitrogens with zero attached hydrogens (tertiary/aromatic N) is 4. The van der Waals surface area contributed by atoms with E-state index in [0.717, 1.165) is 0 Å². The van der Waals surface area contributed by atoms with Crippen molar-refractivity contribution < 1.29 is 54.3 Å². The Bertz CT molecular complexity index is 858. The van der Waals surface area contributed by atoms with E-state index >= 15 is 0 Å². The highest BCUT2D eigenvalue weighted by atomic mass is 32.3. The lowest BCUT2D eigenvalue weighted by atomic mass is 9.96. The van der Waals surface area contributed by atoms with Crippen LogP contribution < -0.4 is 0 Å². The Labute approximate surface area is 185 Å². The maximum absolute atomic E-state index is 13.9. The van der Waals surface area contributed by atoms with Crippen LogP contribution in [0.25, 0.3) is 0 Å². The van der Waals surface area contributed by atoms with Gasteiger partial charge in [0.15, 0.2) is 0 Å². The summed E-state index contributed by atoms with van der Waals surface area (Å²) in [7, 11) is -5.13. The molecule has 4 bridgehead atoms. The van der Waals surface area contributed by atoms with Crippen LogP contribution in [0.2, 0.25) is 0 Å². The molecule has 4 aliphatic rings. The first-order valence-electron chi connectivity index (χ1n) is 10.1. The average Bonchev–Trinajstić information content (AvgIpc) is 3.13. The number of carbonyl (C=O) groups excluding carboxylic acids is 2. The molecule has 4 rings (SSSR count). The van der Waals surface area contributed by atoms with E-state index < -0.39 is 71.7 Å². The molecule has 2 N–H and O–H groups in total. The van der Waals surface area contributed by atoms with Crippen molar-refractivity contribution in [2.75, 3.05) is 26.3 Å². The number of urea groups is 2. The molecule has 4 aliphatic heterocycles. The number of aliphatic hydroxyl groups is 2. The summed E-state index contributed by atoms with van der Waals surface area (Å²) in [5.41, 5.74) is 0. The van der Waals surface area contributed by atoms with Crippen molar-refractivity contribution in [1.29, 1.82) is 0 Å². The summed E-state index contributed by atoms with van der Waals surface area (Å²) in [6.45, 7) is -3.55. The van der Waals surface area contributed by atoms with Gasteiger partial charge in [-0.2, -0.15) is 18.5 Å². The lowest BCUT2D eigenvalue weighted by molar-refractivity contribution is -0.110. The van der Waals surface area contributed by atoms with Crippen molar-refractivity contribution in [3.63, 3.8) is 0 Å². The second kappa shape index (κ2) is 8.07. The zero-order valence-corrected chi connectivity index (χ0v) is 17.8. The minimum absolute atomic E-state index is 0.0466. The van der Waals surface area contributed by atoms with E-state index in [4.69, 9.17) is 10.2 Å². The summed E-state index contributed by atoms with van der Waals surface area (Å²) in [5, 5.41) is 18.5. The Morgan fingerprint density at radius 2 is 1.15 bits per heavy atom. The van der Waals surface area contributed by atoms with E-state index in [1.807, 2.05) is 0 Å². The molecule has 188 valence electrons. The Kier molecular flexibility index (Phi) is 5.92. The molecule has 0 aliphatic carbocycles. The molecule has 0 radical (unpaired) electrons. The van der Waals surface area contributed by atoms with Gasteiger partial charge >= 0.3 is 22.5 Å². The highest BCUT2D eigenvalue weighted by Crippen LogP contribution is 2.39. The number of rotatable bonds is 8. The van der Waals surface area contributed by atoms with Gasteiger partial charge in [0.05, 0.1) is 24.2 Å². The van der Waals surface area contributed by atoms with E-state index in [2.05, 4.69) is 8.57 Å². The van der Waals surface area contributed by atoms with Crippen molar-refractivity contribution in [3.05, 3.63) is 0 Å². The van der Waals surface area contributed by atoms with Crippen LogP contribution >= 0.6 is 0 Å². The number of fused-ring (bicyclic) bond motifs is 4. The van der Waals surface area contributed by atoms with Gasteiger partial charge < -0.3 is 20.0 Å². The first-order valence-corrected chi connectivity index (χ1v) is 11.5. The topological polar surface area (TPSA) is 140 Å². The van der Waals surface area contributed by atoms with E-state index in [0.29, 0.717) is 19.9 Å². The van der Waals surface area contributed by atoms with Crippen molar-refractivity contribution in [1.82, 2.24) is 19.9 Å². The molecular weight excluding hydrogens is 484 g/mol. The largest absolute Gasteiger partial charge is 0.442 e. The van der Waals surface area contributed by atoms with Crippen molar-refractivity contribution in [2.45, 2.75) is 61.7 Å². The predicted octanol–water partition coefficient (Wildman–Crippen LogP) is -0.113. The van der Waals surface area contributed by atoms with Gasteiger partial charge in [-0.25, -0.2) is 27.2 Å². The van der Waals surface area contributed by atoms with E-state index in [9.17, 15) is 35.6 Å². The maximum atomic E-state index is 13.9. The molecule has 4 unspecified atom stereocenters. The summed E-state index contributed by atoms with van der Waals surface area (Å²) in [6.07, 6.45) is -0.524. The van der Waals surface area contributed by atoms with Gasteiger partial charge in [0.25, 0.3) is 11.8 Å². The third kappa shape index (κ3) is 4.09. The molecule has 4 heterocycles. The van der Waals surface area contributed by atoms with Crippen LogP contribution in [-0.4, -0.2) is 113 Å². The van der Waals surface area contributed by atoms with Crippen LogP contribution in [0, 0.1) is 0 Å². The molecule has 4 saturated heterocycles. The molecule has 0 aromatic carbocycles.